The molecule has 0 amide bonds. The number of benzene rings is 1. The lowest BCUT2D eigenvalue weighted by Gasteiger charge is -2.12. The van der Waals surface area contributed by atoms with Gasteiger partial charge in [-0.2, -0.15) is 0 Å². The number of halogens is 1. The molecule has 5 nitrogen and oxygen atoms in total. The summed E-state index contributed by atoms with van der Waals surface area (Å²) in [5.74, 6) is -0.109. The summed E-state index contributed by atoms with van der Waals surface area (Å²) in [7, 11) is -3.47. The Morgan fingerprint density at radius 3 is 2.50 bits per heavy atom. The summed E-state index contributed by atoms with van der Waals surface area (Å²) in [4.78, 5) is 12.5. The minimum atomic E-state index is -3.47. The molecule has 0 bridgehead atoms. The number of aromatic nitrogens is 3. The van der Waals surface area contributed by atoms with Gasteiger partial charge in [-0.1, -0.05) is 12.1 Å². The number of thiazole rings is 1. The van der Waals surface area contributed by atoms with Crippen molar-refractivity contribution < 1.29 is 12.8 Å². The van der Waals surface area contributed by atoms with Gasteiger partial charge in [0.1, 0.15) is 5.82 Å². The van der Waals surface area contributed by atoms with Crippen LogP contribution in [0.5, 0.6) is 0 Å². The lowest BCUT2D eigenvalue weighted by Crippen LogP contribution is -2.13. The summed E-state index contributed by atoms with van der Waals surface area (Å²) in [5.41, 5.74) is 1.01. The Morgan fingerprint density at radius 1 is 1.17 bits per heavy atom. The van der Waals surface area contributed by atoms with Gasteiger partial charge in [0.25, 0.3) is 0 Å². The molecular formula is C16H14FN3O2S2. The van der Waals surface area contributed by atoms with Crippen LogP contribution in [-0.2, 0) is 15.6 Å². The first-order valence-corrected chi connectivity index (χ1v) is 9.74. The zero-order valence-corrected chi connectivity index (χ0v) is 14.4. The Bertz CT molecular complexity index is 925. The molecule has 0 aliphatic carbocycles. The third-order valence-corrected chi connectivity index (χ3v) is 6.47. The standard InChI is InChI=1S/C16H14FN3O2S2/c1-11(12-3-5-13(17)6-4-12)24(21,22)10-14-9-23-16(20-14)15-18-7-2-8-19-15/h2-9,11H,10H2,1H3. The highest BCUT2D eigenvalue weighted by atomic mass is 32.2. The molecule has 0 N–H and O–H groups in total. The zero-order chi connectivity index (χ0) is 17.2. The molecule has 0 aliphatic rings. The number of rotatable bonds is 5. The number of nitrogens with zero attached hydrogens (tertiary/aromatic N) is 3. The van der Waals surface area contributed by atoms with E-state index in [0.717, 1.165) is 0 Å². The highest BCUT2D eigenvalue weighted by Crippen LogP contribution is 2.27. The monoisotopic (exact) mass is 363 g/mol. The van der Waals surface area contributed by atoms with Crippen LogP contribution in [0.15, 0.2) is 48.1 Å². The lowest BCUT2D eigenvalue weighted by atomic mass is 10.2. The molecule has 1 atom stereocenters. The Labute approximate surface area is 143 Å². The van der Waals surface area contributed by atoms with E-state index in [1.807, 2.05) is 0 Å². The smallest absolute Gasteiger partial charge is 0.188 e. The van der Waals surface area contributed by atoms with E-state index in [-0.39, 0.29) is 5.75 Å². The van der Waals surface area contributed by atoms with Gasteiger partial charge in [0, 0.05) is 17.8 Å². The maximum absolute atomic E-state index is 13.0. The molecule has 8 heteroatoms. The minimum Gasteiger partial charge on any atom is -0.237 e. The van der Waals surface area contributed by atoms with Gasteiger partial charge in [-0.05, 0) is 30.7 Å². The Balaban J connectivity index is 1.80. The first-order valence-electron chi connectivity index (χ1n) is 7.14. The van der Waals surface area contributed by atoms with E-state index in [1.54, 1.807) is 30.8 Å². The van der Waals surface area contributed by atoms with Crippen LogP contribution in [0.1, 0.15) is 23.4 Å². The zero-order valence-electron chi connectivity index (χ0n) is 12.8. The predicted octanol–water partition coefficient (Wildman–Crippen LogP) is 3.42. The number of hydrogen-bond acceptors (Lipinski definition) is 6. The molecule has 3 aromatic rings. The normalized spacial score (nSPS) is 12.9. The summed E-state index contributed by atoms with van der Waals surface area (Å²) in [5, 5.41) is 1.53. The van der Waals surface area contributed by atoms with Crippen LogP contribution in [0.3, 0.4) is 0 Å². The summed E-state index contributed by atoms with van der Waals surface area (Å²) in [6, 6.07) is 7.20. The van der Waals surface area contributed by atoms with Crippen LogP contribution < -0.4 is 0 Å². The summed E-state index contributed by atoms with van der Waals surface area (Å²) in [6.07, 6.45) is 3.22. The quantitative estimate of drug-likeness (QED) is 0.694. The first kappa shape index (κ1) is 16.7. The first-order chi connectivity index (χ1) is 11.5. The number of sulfone groups is 1. The van der Waals surface area contributed by atoms with Crippen LogP contribution >= 0.6 is 11.3 Å². The van der Waals surface area contributed by atoms with Crippen molar-refractivity contribution in [2.75, 3.05) is 0 Å². The average Bonchev–Trinajstić information content (AvgIpc) is 3.03. The Hall–Kier alpha value is -2.19. The molecule has 2 heterocycles. The molecular weight excluding hydrogens is 349 g/mol. The molecule has 0 radical (unpaired) electrons. The van der Waals surface area contributed by atoms with Crippen molar-refractivity contribution in [2.45, 2.75) is 17.9 Å². The Kier molecular flexibility index (Phi) is 4.68. The van der Waals surface area contributed by atoms with Crippen molar-refractivity contribution in [3.63, 3.8) is 0 Å². The third kappa shape index (κ3) is 3.65. The minimum absolute atomic E-state index is 0.186. The highest BCUT2D eigenvalue weighted by molar-refractivity contribution is 7.90. The average molecular weight is 363 g/mol. The fourth-order valence-corrected chi connectivity index (χ4v) is 4.41. The second-order valence-electron chi connectivity index (χ2n) is 5.22. The molecule has 0 saturated heterocycles. The van der Waals surface area contributed by atoms with Gasteiger partial charge in [-0.25, -0.2) is 27.8 Å². The van der Waals surface area contributed by atoms with E-state index in [4.69, 9.17) is 0 Å². The summed E-state index contributed by atoms with van der Waals surface area (Å²) >= 11 is 1.30. The van der Waals surface area contributed by atoms with E-state index < -0.39 is 20.9 Å². The largest absolute Gasteiger partial charge is 0.237 e. The van der Waals surface area contributed by atoms with Gasteiger partial charge in [-0.3, -0.25) is 0 Å². The second kappa shape index (κ2) is 6.74. The van der Waals surface area contributed by atoms with Crippen molar-refractivity contribution >= 4 is 21.2 Å². The van der Waals surface area contributed by atoms with E-state index in [1.165, 1.54) is 35.6 Å². The van der Waals surface area contributed by atoms with Crippen molar-refractivity contribution in [3.05, 3.63) is 65.2 Å². The maximum atomic E-state index is 13.0. The predicted molar refractivity (Wildman–Crippen MR) is 90.6 cm³/mol. The molecule has 24 heavy (non-hydrogen) atoms. The molecule has 3 rings (SSSR count). The van der Waals surface area contributed by atoms with Crippen molar-refractivity contribution in [2.24, 2.45) is 0 Å². The van der Waals surface area contributed by atoms with Gasteiger partial charge in [0.2, 0.25) is 0 Å². The Morgan fingerprint density at radius 2 is 1.83 bits per heavy atom. The molecule has 0 fully saturated rings. The van der Waals surface area contributed by atoms with Crippen LogP contribution in [0.2, 0.25) is 0 Å². The topological polar surface area (TPSA) is 72.8 Å². The van der Waals surface area contributed by atoms with Gasteiger partial charge in [-0.15, -0.1) is 11.3 Å². The van der Waals surface area contributed by atoms with Crippen LogP contribution in [0.4, 0.5) is 4.39 Å². The SMILES string of the molecule is CC(c1ccc(F)cc1)S(=O)(=O)Cc1csc(-c2ncccn2)n1. The fourth-order valence-electron chi connectivity index (χ4n) is 2.16. The van der Waals surface area contributed by atoms with Crippen LogP contribution in [-0.4, -0.2) is 23.4 Å². The highest BCUT2D eigenvalue weighted by Gasteiger charge is 2.24. The molecule has 0 spiro atoms. The van der Waals surface area contributed by atoms with Crippen molar-refractivity contribution in [1.29, 1.82) is 0 Å². The third-order valence-electron chi connectivity index (χ3n) is 3.54. The summed E-state index contributed by atoms with van der Waals surface area (Å²) in [6.45, 7) is 1.59. The van der Waals surface area contributed by atoms with E-state index in [0.29, 0.717) is 22.1 Å². The van der Waals surface area contributed by atoms with Crippen LogP contribution in [0.25, 0.3) is 10.8 Å². The van der Waals surface area contributed by atoms with E-state index in [9.17, 15) is 12.8 Å². The van der Waals surface area contributed by atoms with Gasteiger partial charge < -0.3 is 0 Å². The second-order valence-corrected chi connectivity index (χ2v) is 8.40. The molecule has 1 aromatic carbocycles. The van der Waals surface area contributed by atoms with Crippen LogP contribution in [0, 0.1) is 5.82 Å². The fraction of sp³-hybridized carbons (Fsp3) is 0.188. The molecule has 1 unspecified atom stereocenters. The number of hydrogen-bond donors (Lipinski definition) is 0. The lowest BCUT2D eigenvalue weighted by molar-refractivity contribution is 0.584. The molecule has 0 aliphatic heterocycles. The maximum Gasteiger partial charge on any atom is 0.188 e. The summed E-state index contributed by atoms with van der Waals surface area (Å²) < 4.78 is 38.1. The van der Waals surface area contributed by atoms with Gasteiger partial charge in [0.05, 0.1) is 16.7 Å². The van der Waals surface area contributed by atoms with E-state index in [2.05, 4.69) is 15.0 Å². The molecule has 2 aromatic heterocycles. The molecule has 124 valence electrons. The van der Waals surface area contributed by atoms with E-state index >= 15 is 0 Å². The van der Waals surface area contributed by atoms with Crippen molar-refractivity contribution in [1.82, 2.24) is 15.0 Å². The van der Waals surface area contributed by atoms with Gasteiger partial charge >= 0.3 is 0 Å². The van der Waals surface area contributed by atoms with Crippen molar-refractivity contribution in [3.8, 4) is 10.8 Å². The van der Waals surface area contributed by atoms with Gasteiger partial charge in [0.15, 0.2) is 20.7 Å². The molecule has 0 saturated carbocycles.